The van der Waals surface area contributed by atoms with E-state index in [-0.39, 0.29) is 0 Å². The molecule has 0 atom stereocenters. The van der Waals surface area contributed by atoms with Gasteiger partial charge in [-0.2, -0.15) is 9.61 Å². The minimum absolute atomic E-state index is 0.396. The quantitative estimate of drug-likeness (QED) is 0.729. The number of aromatic nitrogens is 4. The van der Waals surface area contributed by atoms with Crippen molar-refractivity contribution in [3.63, 3.8) is 0 Å². The molecule has 1 aromatic carbocycles. The topological polar surface area (TPSA) is 61.5 Å². The summed E-state index contributed by atoms with van der Waals surface area (Å²) in [6.07, 6.45) is 0. The number of nitrogens with zero attached hydrogens (tertiary/aromatic N) is 4. The zero-order valence-electron chi connectivity index (χ0n) is 10.5. The van der Waals surface area contributed by atoms with Crippen LogP contribution in [0.15, 0.2) is 24.3 Å². The van der Waals surface area contributed by atoms with E-state index in [1.165, 1.54) is 11.3 Å². The molecule has 6 nitrogen and oxygen atoms in total. The van der Waals surface area contributed by atoms with Crippen LogP contribution in [-0.4, -0.2) is 34.0 Å². The highest BCUT2D eigenvalue weighted by molar-refractivity contribution is 7.19. The van der Waals surface area contributed by atoms with Gasteiger partial charge in [0.15, 0.2) is 5.82 Å². The Labute approximate surface area is 113 Å². The molecular weight excluding hydrogens is 264 g/mol. The Morgan fingerprint density at radius 3 is 2.63 bits per heavy atom. The highest BCUT2D eigenvalue weighted by Crippen LogP contribution is 2.27. The van der Waals surface area contributed by atoms with Gasteiger partial charge in [-0.05, 0) is 24.3 Å². The molecule has 0 aliphatic carbocycles. The van der Waals surface area contributed by atoms with Gasteiger partial charge in [0.05, 0.1) is 7.11 Å². The summed E-state index contributed by atoms with van der Waals surface area (Å²) in [6, 6.07) is 7.77. The van der Waals surface area contributed by atoms with Crippen molar-refractivity contribution < 1.29 is 9.47 Å². The number of hydrogen-bond acceptors (Lipinski definition) is 6. The fourth-order valence-corrected chi connectivity index (χ4v) is 2.59. The minimum Gasteiger partial charge on any atom is -0.497 e. The van der Waals surface area contributed by atoms with Crippen molar-refractivity contribution in [2.45, 2.75) is 6.61 Å². The average Bonchev–Trinajstić information content (AvgIpc) is 3.01. The van der Waals surface area contributed by atoms with E-state index in [0.717, 1.165) is 21.3 Å². The zero-order chi connectivity index (χ0) is 13.2. The van der Waals surface area contributed by atoms with Gasteiger partial charge in [0.1, 0.15) is 17.4 Å². The first-order valence-electron chi connectivity index (χ1n) is 5.66. The van der Waals surface area contributed by atoms with Crippen molar-refractivity contribution in [2.24, 2.45) is 0 Å². The van der Waals surface area contributed by atoms with E-state index >= 15 is 0 Å². The van der Waals surface area contributed by atoms with Gasteiger partial charge in [-0.15, -0.1) is 10.2 Å². The molecule has 0 bridgehead atoms. The van der Waals surface area contributed by atoms with E-state index in [9.17, 15) is 0 Å². The number of benzene rings is 1. The van der Waals surface area contributed by atoms with Crippen LogP contribution in [0.1, 0.15) is 5.82 Å². The molecule has 0 radical (unpaired) electrons. The van der Waals surface area contributed by atoms with Crippen molar-refractivity contribution in [3.05, 3.63) is 30.1 Å². The van der Waals surface area contributed by atoms with Crippen molar-refractivity contribution in [1.29, 1.82) is 0 Å². The first-order valence-corrected chi connectivity index (χ1v) is 6.48. The molecule has 0 unspecified atom stereocenters. The molecule has 0 amide bonds. The van der Waals surface area contributed by atoms with Crippen LogP contribution >= 0.6 is 11.3 Å². The average molecular weight is 276 g/mol. The monoisotopic (exact) mass is 276 g/mol. The number of fused-ring (bicyclic) bond motifs is 1. The van der Waals surface area contributed by atoms with Gasteiger partial charge in [-0.25, -0.2) is 0 Å². The SMILES string of the molecule is COCc1nnc2sc(-c3ccc(OC)cc3)nn12. The fourth-order valence-electron chi connectivity index (χ4n) is 1.73. The molecule has 3 aromatic rings. The van der Waals surface area contributed by atoms with Gasteiger partial charge in [0.2, 0.25) is 4.96 Å². The third-order valence-electron chi connectivity index (χ3n) is 2.67. The Bertz CT molecular complexity index is 689. The van der Waals surface area contributed by atoms with Crippen LogP contribution in [0, 0.1) is 0 Å². The van der Waals surface area contributed by atoms with Gasteiger partial charge >= 0.3 is 0 Å². The third-order valence-corrected chi connectivity index (χ3v) is 3.61. The lowest BCUT2D eigenvalue weighted by Crippen LogP contribution is -1.97. The molecular formula is C12H12N4O2S. The van der Waals surface area contributed by atoms with Crippen LogP contribution in [0.2, 0.25) is 0 Å². The summed E-state index contributed by atoms with van der Waals surface area (Å²) in [4.78, 5) is 0.762. The van der Waals surface area contributed by atoms with Crippen molar-refractivity contribution in [3.8, 4) is 16.3 Å². The second-order valence-electron chi connectivity index (χ2n) is 3.88. The summed E-state index contributed by atoms with van der Waals surface area (Å²) in [5.41, 5.74) is 1.03. The second-order valence-corrected chi connectivity index (χ2v) is 4.84. The maximum absolute atomic E-state index is 5.14. The lowest BCUT2D eigenvalue weighted by atomic mass is 10.2. The van der Waals surface area contributed by atoms with E-state index in [1.807, 2.05) is 24.3 Å². The molecule has 7 heteroatoms. The molecule has 2 aromatic heterocycles. The largest absolute Gasteiger partial charge is 0.497 e. The molecule has 3 rings (SSSR count). The molecule has 2 heterocycles. The predicted molar refractivity (Wildman–Crippen MR) is 71.4 cm³/mol. The van der Waals surface area contributed by atoms with Crippen LogP contribution in [0.5, 0.6) is 5.75 Å². The smallest absolute Gasteiger partial charge is 0.235 e. The zero-order valence-corrected chi connectivity index (χ0v) is 11.3. The van der Waals surface area contributed by atoms with Crippen molar-refractivity contribution in [2.75, 3.05) is 14.2 Å². The Kier molecular flexibility index (Phi) is 3.14. The van der Waals surface area contributed by atoms with E-state index in [2.05, 4.69) is 15.3 Å². The number of methoxy groups -OCH3 is 2. The van der Waals surface area contributed by atoms with Crippen molar-refractivity contribution in [1.82, 2.24) is 19.8 Å². The summed E-state index contributed by atoms with van der Waals surface area (Å²) in [7, 11) is 3.27. The summed E-state index contributed by atoms with van der Waals surface area (Å²) in [5, 5.41) is 13.5. The Balaban J connectivity index is 1.99. The van der Waals surface area contributed by atoms with Crippen LogP contribution in [-0.2, 0) is 11.3 Å². The Morgan fingerprint density at radius 1 is 1.16 bits per heavy atom. The van der Waals surface area contributed by atoms with E-state index in [0.29, 0.717) is 12.4 Å². The molecule has 0 spiro atoms. The normalized spacial score (nSPS) is 11.1. The molecule has 0 saturated heterocycles. The predicted octanol–water partition coefficient (Wildman–Crippen LogP) is 2.01. The number of hydrogen-bond donors (Lipinski definition) is 0. The fraction of sp³-hybridized carbons (Fsp3) is 0.250. The molecule has 0 aliphatic rings. The van der Waals surface area contributed by atoms with Gasteiger partial charge < -0.3 is 9.47 Å². The number of ether oxygens (including phenoxy) is 2. The molecule has 0 saturated carbocycles. The number of rotatable bonds is 4. The van der Waals surface area contributed by atoms with E-state index in [1.54, 1.807) is 18.7 Å². The molecule has 98 valence electrons. The lowest BCUT2D eigenvalue weighted by molar-refractivity contribution is 0.176. The third kappa shape index (κ3) is 2.18. The van der Waals surface area contributed by atoms with Gasteiger partial charge in [-0.1, -0.05) is 11.3 Å². The summed E-state index contributed by atoms with van der Waals surface area (Å²) in [6.45, 7) is 0.396. The van der Waals surface area contributed by atoms with E-state index < -0.39 is 0 Å². The Hall–Kier alpha value is -1.99. The van der Waals surface area contributed by atoms with Crippen LogP contribution < -0.4 is 4.74 Å². The highest BCUT2D eigenvalue weighted by atomic mass is 32.1. The molecule has 0 N–H and O–H groups in total. The Morgan fingerprint density at radius 2 is 1.95 bits per heavy atom. The first-order chi connectivity index (χ1) is 9.31. The second kappa shape index (κ2) is 4.94. The standard InChI is InChI=1S/C12H12N4O2S/c1-17-7-10-13-14-12-16(10)15-11(19-12)8-3-5-9(18-2)6-4-8/h3-6H,7H2,1-2H3. The highest BCUT2D eigenvalue weighted by Gasteiger charge is 2.12. The van der Waals surface area contributed by atoms with Crippen LogP contribution in [0.25, 0.3) is 15.5 Å². The van der Waals surface area contributed by atoms with Crippen LogP contribution in [0.3, 0.4) is 0 Å². The molecule has 0 aliphatic heterocycles. The summed E-state index contributed by atoms with van der Waals surface area (Å²) >= 11 is 1.49. The summed E-state index contributed by atoms with van der Waals surface area (Å²) < 4.78 is 11.9. The van der Waals surface area contributed by atoms with Gasteiger partial charge in [-0.3, -0.25) is 0 Å². The first kappa shape index (κ1) is 12.1. The van der Waals surface area contributed by atoms with Crippen LogP contribution in [0.4, 0.5) is 0 Å². The molecule has 0 fully saturated rings. The maximum atomic E-state index is 5.14. The summed E-state index contributed by atoms with van der Waals surface area (Å²) in [5.74, 6) is 1.53. The molecule has 19 heavy (non-hydrogen) atoms. The van der Waals surface area contributed by atoms with E-state index in [4.69, 9.17) is 9.47 Å². The van der Waals surface area contributed by atoms with Gasteiger partial charge in [0, 0.05) is 12.7 Å². The lowest BCUT2D eigenvalue weighted by Gasteiger charge is -1.99. The van der Waals surface area contributed by atoms with Crippen molar-refractivity contribution >= 4 is 16.3 Å². The van der Waals surface area contributed by atoms with Gasteiger partial charge in [0.25, 0.3) is 0 Å². The maximum Gasteiger partial charge on any atom is 0.235 e. The minimum atomic E-state index is 0.396.